The van der Waals surface area contributed by atoms with E-state index in [1.54, 1.807) is 26.5 Å². The maximum Gasteiger partial charge on any atom is 0.235 e. The molecule has 0 radical (unpaired) electrons. The number of benzene rings is 1. The van der Waals surface area contributed by atoms with E-state index in [1.165, 1.54) is 4.90 Å². The van der Waals surface area contributed by atoms with Crippen molar-refractivity contribution in [2.75, 3.05) is 33.1 Å². The Hall–Kier alpha value is -4.73. The zero-order valence-corrected chi connectivity index (χ0v) is 26.6. The molecule has 3 aliphatic rings. The summed E-state index contributed by atoms with van der Waals surface area (Å²) >= 11 is 0. The number of amides is 1. The maximum atomic E-state index is 14.4. The van der Waals surface area contributed by atoms with Gasteiger partial charge in [0.05, 0.1) is 17.5 Å². The van der Waals surface area contributed by atoms with E-state index in [9.17, 15) is 34.2 Å². The van der Waals surface area contributed by atoms with Crippen LogP contribution < -0.4 is 10.6 Å². The molecule has 0 bridgehead atoms. The van der Waals surface area contributed by atoms with Crippen molar-refractivity contribution in [3.8, 4) is 5.75 Å². The van der Waals surface area contributed by atoms with Crippen LogP contribution >= 0.6 is 0 Å². The number of Topliss-reactive ketones (excluding diaryl/α,β-unsaturated/α-hetero) is 4. The zero-order valence-electron chi connectivity index (χ0n) is 26.6. The summed E-state index contributed by atoms with van der Waals surface area (Å²) in [5.41, 5.74) is 5.89. The third-order valence-corrected chi connectivity index (χ3v) is 9.90. The number of anilines is 1. The molecule has 15 heteroatoms. The lowest BCUT2D eigenvalue weighted by Crippen LogP contribution is -2.74. The number of carbonyl (C=O) groups is 5. The topological polar surface area (TPSA) is 219 Å². The number of phenols is 1. The Balaban J connectivity index is 1.42. The van der Waals surface area contributed by atoms with E-state index >= 15 is 0 Å². The lowest BCUT2D eigenvalue weighted by atomic mass is 9.52. The second-order valence-corrected chi connectivity index (χ2v) is 13.2. The van der Waals surface area contributed by atoms with Gasteiger partial charge in [0, 0.05) is 74.7 Å². The van der Waals surface area contributed by atoms with E-state index in [0.29, 0.717) is 29.9 Å². The average Bonchev–Trinajstić information content (AvgIpc) is 3.70. The standard InChI is InChI=1S/C32H38N8O7/c1-38(2)21-11-16(12-40(13-17-5-7-34-36-17)14-18-6-8-35-37-18)26(41)23-19(21)9-15-10-20-25(39(3)4)28(43)24(31(33)46)30(45)32(20,47)29(44)22(15)27(23)42/h5-8,11,15,20,22,24-25,41,47H,9-10,12-14H2,1-4H3,(H2,33,46)(H,34,36)(H,35,37). The number of carbonyl (C=O) groups excluding carboxylic acids is 5. The lowest BCUT2D eigenvalue weighted by molar-refractivity contribution is -0.181. The van der Waals surface area contributed by atoms with Crippen molar-refractivity contribution >= 4 is 34.7 Å². The second-order valence-electron chi connectivity index (χ2n) is 13.2. The minimum atomic E-state index is -2.78. The first-order valence-electron chi connectivity index (χ1n) is 15.3. The Labute approximate surface area is 270 Å². The average molecular weight is 647 g/mol. The van der Waals surface area contributed by atoms with Gasteiger partial charge in [-0.3, -0.25) is 44.0 Å². The summed E-state index contributed by atoms with van der Waals surface area (Å²) in [7, 11) is 6.74. The summed E-state index contributed by atoms with van der Waals surface area (Å²) in [5, 5.41) is 37.6. The van der Waals surface area contributed by atoms with E-state index < -0.39 is 64.4 Å². The van der Waals surface area contributed by atoms with Crippen LogP contribution in [0.3, 0.4) is 0 Å². The first-order valence-corrected chi connectivity index (χ1v) is 15.3. The van der Waals surface area contributed by atoms with Crippen LogP contribution in [-0.4, -0.2) is 109 Å². The highest BCUT2D eigenvalue weighted by molar-refractivity contribution is 6.32. The van der Waals surface area contributed by atoms with Crippen LogP contribution in [-0.2, 0) is 45.2 Å². The van der Waals surface area contributed by atoms with Crippen LogP contribution in [0.5, 0.6) is 5.75 Å². The summed E-state index contributed by atoms with van der Waals surface area (Å²) in [6, 6.07) is 4.33. The number of H-pyrrole nitrogens is 2. The Kier molecular flexibility index (Phi) is 8.10. The summed E-state index contributed by atoms with van der Waals surface area (Å²) in [6.07, 6.45) is 3.44. The molecule has 1 aromatic carbocycles. The number of ketones is 4. The highest BCUT2D eigenvalue weighted by Crippen LogP contribution is 2.52. The highest BCUT2D eigenvalue weighted by Gasteiger charge is 2.69. The predicted molar refractivity (Wildman–Crippen MR) is 166 cm³/mol. The van der Waals surface area contributed by atoms with Gasteiger partial charge in [0.15, 0.2) is 34.7 Å². The van der Waals surface area contributed by atoms with Gasteiger partial charge in [-0.2, -0.15) is 10.2 Å². The van der Waals surface area contributed by atoms with Gasteiger partial charge in [-0.05, 0) is 56.6 Å². The number of aromatic nitrogens is 4. The summed E-state index contributed by atoms with van der Waals surface area (Å²) < 4.78 is 0. The first-order chi connectivity index (χ1) is 22.2. The van der Waals surface area contributed by atoms with Gasteiger partial charge in [0.25, 0.3) is 0 Å². The fourth-order valence-electron chi connectivity index (χ4n) is 7.86. The third kappa shape index (κ3) is 5.14. The van der Waals surface area contributed by atoms with Crippen molar-refractivity contribution in [3.05, 3.63) is 58.7 Å². The second kappa shape index (κ2) is 11.8. The number of fused-ring (bicyclic) bond motifs is 3. The number of aromatic hydroxyl groups is 1. The number of primary amides is 1. The van der Waals surface area contributed by atoms with Crippen molar-refractivity contribution in [3.63, 3.8) is 0 Å². The molecule has 47 heavy (non-hydrogen) atoms. The molecule has 1 amide bonds. The molecule has 6 rings (SSSR count). The number of likely N-dealkylation sites (N-methyl/N-ethyl adjacent to an activating group) is 1. The molecule has 2 heterocycles. The number of hydrogen-bond acceptors (Lipinski definition) is 12. The van der Waals surface area contributed by atoms with Gasteiger partial charge in [-0.1, -0.05) is 0 Å². The molecule has 2 aromatic heterocycles. The van der Waals surface area contributed by atoms with Gasteiger partial charge in [-0.25, -0.2) is 0 Å². The fourth-order valence-corrected chi connectivity index (χ4v) is 7.86. The van der Waals surface area contributed by atoms with Crippen molar-refractivity contribution < 1.29 is 34.2 Å². The summed E-state index contributed by atoms with van der Waals surface area (Å²) in [4.78, 5) is 73.2. The number of aliphatic hydroxyl groups is 1. The molecule has 2 saturated carbocycles. The van der Waals surface area contributed by atoms with Crippen LogP contribution in [0.15, 0.2) is 30.6 Å². The highest BCUT2D eigenvalue weighted by atomic mass is 16.3. The van der Waals surface area contributed by atoms with Gasteiger partial charge in [-0.15, -0.1) is 0 Å². The summed E-state index contributed by atoms with van der Waals surface area (Å²) in [6.45, 7) is 1.05. The molecule has 3 aromatic rings. The fraction of sp³-hybridized carbons (Fsp3) is 0.469. The number of nitrogens with one attached hydrogen (secondary N) is 2. The number of nitrogens with two attached hydrogens (primary N) is 1. The molecule has 3 aliphatic carbocycles. The van der Waals surface area contributed by atoms with Crippen molar-refractivity contribution in [1.82, 2.24) is 30.2 Å². The van der Waals surface area contributed by atoms with E-state index in [-0.39, 0.29) is 30.7 Å². The molecule has 2 fully saturated rings. The molecule has 0 spiro atoms. The van der Waals surface area contributed by atoms with Crippen molar-refractivity contribution in [2.24, 2.45) is 29.4 Å². The van der Waals surface area contributed by atoms with Crippen LogP contribution in [0.4, 0.5) is 5.69 Å². The first kappa shape index (κ1) is 32.2. The van der Waals surface area contributed by atoms with Crippen molar-refractivity contribution in [2.45, 2.75) is 44.1 Å². The molecule has 6 N–H and O–H groups in total. The van der Waals surface area contributed by atoms with Crippen LogP contribution in [0, 0.1) is 23.7 Å². The van der Waals surface area contributed by atoms with Crippen LogP contribution in [0.1, 0.15) is 39.3 Å². The van der Waals surface area contributed by atoms with Gasteiger partial charge < -0.3 is 20.8 Å². The molecule has 6 atom stereocenters. The largest absolute Gasteiger partial charge is 0.507 e. The molecule has 0 saturated heterocycles. The molecule has 6 unspecified atom stereocenters. The number of hydrogen-bond donors (Lipinski definition) is 5. The van der Waals surface area contributed by atoms with E-state index in [0.717, 1.165) is 11.4 Å². The molecule has 248 valence electrons. The van der Waals surface area contributed by atoms with Crippen molar-refractivity contribution in [1.29, 1.82) is 0 Å². The van der Waals surface area contributed by atoms with E-state index in [1.807, 2.05) is 42.1 Å². The smallest absolute Gasteiger partial charge is 0.235 e. The molecule has 0 aliphatic heterocycles. The third-order valence-electron chi connectivity index (χ3n) is 9.90. The van der Waals surface area contributed by atoms with Gasteiger partial charge >= 0.3 is 0 Å². The maximum absolute atomic E-state index is 14.4. The van der Waals surface area contributed by atoms with Crippen LogP contribution in [0.2, 0.25) is 0 Å². The quantitative estimate of drug-likeness (QED) is 0.187. The Morgan fingerprint density at radius 2 is 1.62 bits per heavy atom. The minimum absolute atomic E-state index is 0.0125. The zero-order chi connectivity index (χ0) is 33.9. The molecule has 15 nitrogen and oxygen atoms in total. The number of aromatic amines is 2. The minimum Gasteiger partial charge on any atom is -0.507 e. The summed E-state index contributed by atoms with van der Waals surface area (Å²) in [5.74, 6) is -10.8. The Morgan fingerprint density at radius 3 is 2.13 bits per heavy atom. The normalized spacial score (nSPS) is 27.2. The lowest BCUT2D eigenvalue weighted by Gasteiger charge is -2.52. The predicted octanol–water partition coefficient (Wildman–Crippen LogP) is -0.418. The monoisotopic (exact) mass is 646 g/mol. The SMILES string of the molecule is CN(C)c1cc(CN(Cc2ccn[nH]2)Cc2ccn[nH]2)c(O)c2c1CC1CC3C(N(C)C)C(=O)C(C(N)=O)C(=O)C3(O)C(=O)C1C2=O. The number of nitrogens with zero attached hydrogens (tertiary/aromatic N) is 5. The van der Waals surface area contributed by atoms with E-state index in [2.05, 4.69) is 20.4 Å². The van der Waals surface area contributed by atoms with Gasteiger partial charge in [0.2, 0.25) is 5.91 Å². The number of rotatable bonds is 9. The van der Waals surface area contributed by atoms with Crippen LogP contribution in [0.25, 0.3) is 0 Å². The van der Waals surface area contributed by atoms with Gasteiger partial charge in [0.1, 0.15) is 5.75 Å². The Morgan fingerprint density at radius 1 is 1.00 bits per heavy atom. The Bertz CT molecular complexity index is 1720. The molecular weight excluding hydrogens is 608 g/mol. The molecular formula is C32H38N8O7. The number of phenolic OH excluding ortho intramolecular Hbond substituents is 1. The van der Waals surface area contributed by atoms with E-state index in [4.69, 9.17) is 5.73 Å².